The molecule has 1 aliphatic heterocycles. The van der Waals surface area contributed by atoms with Gasteiger partial charge in [0.25, 0.3) is 0 Å². The summed E-state index contributed by atoms with van der Waals surface area (Å²) in [6, 6.07) is 0. The van der Waals surface area contributed by atoms with Crippen LogP contribution in [0.25, 0.3) is 11.2 Å². The summed E-state index contributed by atoms with van der Waals surface area (Å²) < 4.78 is 28.9. The first-order valence-electron chi connectivity index (χ1n) is 13.8. The van der Waals surface area contributed by atoms with Crippen LogP contribution in [0.5, 0.6) is 0 Å². The van der Waals surface area contributed by atoms with Gasteiger partial charge in [0.1, 0.15) is 22.4 Å². The monoisotopic (exact) mass is 606 g/mol. The molecule has 0 bridgehead atoms. The average molecular weight is 607 g/mol. The van der Waals surface area contributed by atoms with Gasteiger partial charge >= 0.3 is 24.4 Å². The Bertz CT molecular complexity index is 1330. The molecule has 15 heteroatoms. The van der Waals surface area contributed by atoms with Crippen LogP contribution >= 0.6 is 0 Å². The summed E-state index contributed by atoms with van der Waals surface area (Å²) in [5.41, 5.74) is -4.00. The van der Waals surface area contributed by atoms with Gasteiger partial charge in [-0.1, -0.05) is 0 Å². The van der Waals surface area contributed by atoms with Crippen molar-refractivity contribution in [2.24, 2.45) is 0 Å². The van der Waals surface area contributed by atoms with Gasteiger partial charge in [0.05, 0.1) is 25.6 Å². The minimum atomic E-state index is -1.15. The third-order valence-electron chi connectivity index (χ3n) is 4.95. The molecule has 0 radical (unpaired) electrons. The Balaban J connectivity index is 2.32. The van der Waals surface area contributed by atoms with Gasteiger partial charge < -0.3 is 28.3 Å². The van der Waals surface area contributed by atoms with E-state index in [0.717, 1.165) is 0 Å². The van der Waals surface area contributed by atoms with Gasteiger partial charge in [0.15, 0.2) is 17.0 Å². The van der Waals surface area contributed by atoms with Crippen LogP contribution in [0.4, 0.5) is 30.9 Å². The first kappa shape index (κ1) is 33.5. The standard InChI is InChI=1S/C28H42N6O9/c1-25(2,3)40-21(35)33(22(36)41-26(4,5)6)19-17-18(32(15-29-17)13-16-14-39-16)30-20(31-19)34(23(37)42-27(7,8)9)24(38)43-28(10,11)12/h15-16H,13-14H2,1-12H3/t16-/m1/s1. The molecule has 3 rings (SSSR count). The maximum Gasteiger partial charge on any atom is 0.427 e. The van der Waals surface area contributed by atoms with Crippen LogP contribution in [0.1, 0.15) is 83.1 Å². The van der Waals surface area contributed by atoms with Gasteiger partial charge in [0.2, 0.25) is 5.95 Å². The zero-order valence-electron chi connectivity index (χ0n) is 26.9. The first-order valence-corrected chi connectivity index (χ1v) is 13.8. The summed E-state index contributed by atoms with van der Waals surface area (Å²) >= 11 is 0. The van der Waals surface area contributed by atoms with E-state index in [1.165, 1.54) is 6.33 Å². The number of hydrogen-bond donors (Lipinski definition) is 0. The molecule has 0 aliphatic carbocycles. The maximum absolute atomic E-state index is 13.5. The zero-order chi connectivity index (χ0) is 32.7. The number of imidazole rings is 1. The van der Waals surface area contributed by atoms with Crippen molar-refractivity contribution in [1.29, 1.82) is 0 Å². The van der Waals surface area contributed by atoms with Crippen molar-refractivity contribution in [3.63, 3.8) is 0 Å². The molecule has 1 aliphatic rings. The Kier molecular flexibility index (Phi) is 9.02. The van der Waals surface area contributed by atoms with Gasteiger partial charge in [-0.15, -0.1) is 4.90 Å². The number of anilines is 2. The minimum absolute atomic E-state index is 0.00514. The van der Waals surface area contributed by atoms with Crippen LogP contribution in [0.2, 0.25) is 0 Å². The van der Waals surface area contributed by atoms with Crippen LogP contribution < -0.4 is 9.80 Å². The van der Waals surface area contributed by atoms with E-state index in [-0.39, 0.29) is 17.3 Å². The van der Waals surface area contributed by atoms with E-state index in [1.807, 2.05) is 0 Å². The van der Waals surface area contributed by atoms with Gasteiger partial charge in [-0.05, 0) is 83.1 Å². The molecule has 2 aromatic heterocycles. The highest BCUT2D eigenvalue weighted by Gasteiger charge is 2.40. The molecule has 43 heavy (non-hydrogen) atoms. The van der Waals surface area contributed by atoms with E-state index in [9.17, 15) is 19.2 Å². The third-order valence-corrected chi connectivity index (χ3v) is 4.95. The number of epoxide rings is 1. The molecule has 1 saturated heterocycles. The predicted molar refractivity (Wildman–Crippen MR) is 155 cm³/mol. The van der Waals surface area contributed by atoms with Gasteiger partial charge in [0, 0.05) is 0 Å². The molecule has 238 valence electrons. The number of fused-ring (bicyclic) bond motifs is 1. The first-order chi connectivity index (χ1) is 19.4. The van der Waals surface area contributed by atoms with Crippen molar-refractivity contribution in [2.75, 3.05) is 16.4 Å². The summed E-state index contributed by atoms with van der Waals surface area (Å²) in [5.74, 6) is -0.933. The molecule has 1 fully saturated rings. The molecule has 2 aromatic rings. The molecule has 0 spiro atoms. The van der Waals surface area contributed by atoms with E-state index in [4.69, 9.17) is 23.7 Å². The lowest BCUT2D eigenvalue weighted by atomic mass is 10.2. The van der Waals surface area contributed by atoms with Crippen molar-refractivity contribution in [1.82, 2.24) is 19.5 Å². The summed E-state index contributed by atoms with van der Waals surface area (Å²) in [6.45, 7) is 20.2. The fourth-order valence-electron chi connectivity index (χ4n) is 3.42. The highest BCUT2D eigenvalue weighted by molar-refractivity contribution is 6.14. The second kappa shape index (κ2) is 11.6. The molecule has 0 N–H and O–H groups in total. The smallest absolute Gasteiger partial charge is 0.427 e. The van der Waals surface area contributed by atoms with Gasteiger partial charge in [-0.25, -0.2) is 24.2 Å². The third kappa shape index (κ3) is 9.49. The minimum Gasteiger partial charge on any atom is -0.443 e. The Morgan fingerprint density at radius 2 is 1.14 bits per heavy atom. The second-order valence-electron chi connectivity index (χ2n) is 14.0. The van der Waals surface area contributed by atoms with Crippen molar-refractivity contribution >= 4 is 47.3 Å². The number of aromatic nitrogens is 4. The van der Waals surface area contributed by atoms with E-state index in [1.54, 1.807) is 87.7 Å². The van der Waals surface area contributed by atoms with Crippen molar-refractivity contribution in [2.45, 2.75) is 118 Å². The fraction of sp³-hybridized carbons (Fsp3) is 0.679. The predicted octanol–water partition coefficient (Wildman–Crippen LogP) is 5.58. The van der Waals surface area contributed by atoms with Crippen LogP contribution in [-0.4, -0.2) is 79.0 Å². The van der Waals surface area contributed by atoms with E-state index >= 15 is 0 Å². The average Bonchev–Trinajstić information content (AvgIpc) is 3.47. The fourth-order valence-corrected chi connectivity index (χ4v) is 3.42. The summed E-state index contributed by atoms with van der Waals surface area (Å²) in [4.78, 5) is 68.2. The van der Waals surface area contributed by atoms with Crippen molar-refractivity contribution in [3.8, 4) is 0 Å². The summed E-state index contributed by atoms with van der Waals surface area (Å²) in [5, 5.41) is 0. The molecule has 0 aromatic carbocycles. The number of nitrogens with zero attached hydrogens (tertiary/aromatic N) is 6. The molecule has 15 nitrogen and oxygen atoms in total. The topological polar surface area (TPSA) is 168 Å². The van der Waals surface area contributed by atoms with Crippen LogP contribution in [-0.2, 0) is 30.2 Å². The van der Waals surface area contributed by atoms with Crippen molar-refractivity contribution < 1.29 is 42.9 Å². The number of carbonyl (C=O) groups is 4. The normalized spacial score (nSPS) is 15.5. The molecule has 4 amide bonds. The molecular weight excluding hydrogens is 564 g/mol. The number of imide groups is 2. The molecule has 0 saturated carbocycles. The van der Waals surface area contributed by atoms with Crippen LogP contribution in [0.15, 0.2) is 6.33 Å². The van der Waals surface area contributed by atoms with Crippen molar-refractivity contribution in [3.05, 3.63) is 6.33 Å². The highest BCUT2D eigenvalue weighted by atomic mass is 16.6. The molecule has 0 unspecified atom stereocenters. The molecule has 3 heterocycles. The highest BCUT2D eigenvalue weighted by Crippen LogP contribution is 2.31. The Labute approximate surface area is 250 Å². The van der Waals surface area contributed by atoms with E-state index in [0.29, 0.717) is 23.0 Å². The maximum atomic E-state index is 13.5. The van der Waals surface area contributed by atoms with Gasteiger partial charge in [-0.2, -0.15) is 14.9 Å². The lowest BCUT2D eigenvalue weighted by Gasteiger charge is -2.29. The SMILES string of the molecule is CC(C)(C)OC(=O)N(C(=O)OC(C)(C)C)c1nc(N(C(=O)OC(C)(C)C)C(=O)OC(C)(C)C)c2ncn(C[C@@H]3CO3)c2n1. The molecular formula is C28H42N6O9. The zero-order valence-corrected chi connectivity index (χ0v) is 26.9. The number of hydrogen-bond acceptors (Lipinski definition) is 12. The quantitative estimate of drug-likeness (QED) is 0.313. The Morgan fingerprint density at radius 1 is 0.744 bits per heavy atom. The summed E-state index contributed by atoms with van der Waals surface area (Å²) in [6.07, 6.45) is -3.26. The second-order valence-corrected chi connectivity index (χ2v) is 14.0. The van der Waals surface area contributed by atoms with Crippen LogP contribution in [0.3, 0.4) is 0 Å². The van der Waals surface area contributed by atoms with Crippen LogP contribution in [0, 0.1) is 0 Å². The Hall–Kier alpha value is -4.01. The lowest BCUT2D eigenvalue weighted by molar-refractivity contribution is 0.0411. The number of amides is 4. The van der Waals surface area contributed by atoms with Gasteiger partial charge in [-0.3, -0.25) is 0 Å². The Morgan fingerprint density at radius 3 is 1.51 bits per heavy atom. The number of ether oxygens (including phenoxy) is 5. The largest absolute Gasteiger partial charge is 0.443 e. The van der Waals surface area contributed by atoms with E-state index < -0.39 is 58.5 Å². The lowest BCUT2D eigenvalue weighted by Crippen LogP contribution is -2.46. The molecule has 1 atom stereocenters. The number of carbonyl (C=O) groups excluding carboxylic acids is 4. The summed E-state index contributed by atoms with van der Waals surface area (Å²) in [7, 11) is 0. The number of rotatable bonds is 4. The van der Waals surface area contributed by atoms with E-state index in [2.05, 4.69) is 15.0 Å².